The molecule has 1 aromatic rings. The third kappa shape index (κ3) is 9.82. The number of nitrogens with zero attached hydrogens (tertiary/aromatic N) is 3. The van der Waals surface area contributed by atoms with Gasteiger partial charge in [0.2, 0.25) is 11.8 Å². The highest BCUT2D eigenvalue weighted by Crippen LogP contribution is 2.13. The van der Waals surface area contributed by atoms with Gasteiger partial charge in [-0.2, -0.15) is 0 Å². The first-order chi connectivity index (χ1) is 12.4. The zero-order valence-corrected chi connectivity index (χ0v) is 19.5. The lowest BCUT2D eigenvalue weighted by Crippen LogP contribution is -2.47. The van der Waals surface area contributed by atoms with Gasteiger partial charge in [0.1, 0.15) is 5.82 Å². The summed E-state index contributed by atoms with van der Waals surface area (Å²) in [4.78, 5) is 32.6. The van der Waals surface area contributed by atoms with Crippen molar-refractivity contribution in [3.05, 3.63) is 23.9 Å². The number of nitrogens with one attached hydrogen (secondary N) is 2. The number of carbonyl (C=O) groups excluding carboxylic acids is 2. The van der Waals surface area contributed by atoms with Crippen LogP contribution in [0.3, 0.4) is 0 Å². The van der Waals surface area contributed by atoms with Crippen LogP contribution in [0.25, 0.3) is 0 Å². The Hall–Kier alpha value is -1.32. The van der Waals surface area contributed by atoms with Crippen molar-refractivity contribution in [2.24, 2.45) is 11.7 Å². The second-order valence-corrected chi connectivity index (χ2v) is 7.08. The van der Waals surface area contributed by atoms with Crippen LogP contribution in [0.4, 0.5) is 5.82 Å². The Morgan fingerprint density at radius 1 is 1.10 bits per heavy atom. The SMILES string of the molecule is CC(C)[C@H](N)C(=O)NCC(=O)NCc1ccc(N2CCN(C)CC2)nc1.Cl.Cl.Cl. The maximum Gasteiger partial charge on any atom is 0.239 e. The molecule has 0 spiro atoms. The molecule has 29 heavy (non-hydrogen) atoms. The fourth-order valence-corrected chi connectivity index (χ4v) is 2.60. The summed E-state index contributed by atoms with van der Waals surface area (Å²) in [5.74, 6) is 0.428. The van der Waals surface area contributed by atoms with Gasteiger partial charge in [0, 0.05) is 38.9 Å². The van der Waals surface area contributed by atoms with Gasteiger partial charge in [-0.05, 0) is 24.6 Å². The normalized spacial score (nSPS) is 14.7. The van der Waals surface area contributed by atoms with Gasteiger partial charge in [0.15, 0.2) is 0 Å². The zero-order chi connectivity index (χ0) is 19.1. The van der Waals surface area contributed by atoms with Crippen molar-refractivity contribution in [1.29, 1.82) is 0 Å². The minimum atomic E-state index is -0.603. The van der Waals surface area contributed by atoms with E-state index in [0.717, 1.165) is 37.6 Å². The third-order valence-corrected chi connectivity index (χ3v) is 4.57. The third-order valence-electron chi connectivity index (χ3n) is 4.57. The molecule has 8 nitrogen and oxygen atoms in total. The van der Waals surface area contributed by atoms with E-state index in [0.29, 0.717) is 6.54 Å². The molecule has 0 unspecified atom stereocenters. The van der Waals surface area contributed by atoms with Crippen LogP contribution in [0.15, 0.2) is 18.3 Å². The molecule has 2 amide bonds. The Morgan fingerprint density at radius 2 is 1.72 bits per heavy atom. The molecule has 1 aliphatic heterocycles. The lowest BCUT2D eigenvalue weighted by atomic mass is 10.1. The first-order valence-corrected chi connectivity index (χ1v) is 9.05. The fraction of sp³-hybridized carbons (Fsp3) is 0.611. The molecule has 1 aromatic heterocycles. The van der Waals surface area contributed by atoms with Gasteiger partial charge in [-0.15, -0.1) is 37.2 Å². The molecular formula is C18H33Cl3N6O2. The van der Waals surface area contributed by atoms with Crippen molar-refractivity contribution >= 4 is 54.9 Å². The number of carbonyl (C=O) groups is 2. The van der Waals surface area contributed by atoms with E-state index in [1.807, 2.05) is 26.0 Å². The largest absolute Gasteiger partial charge is 0.354 e. The number of piperazine rings is 1. The smallest absolute Gasteiger partial charge is 0.239 e. The summed E-state index contributed by atoms with van der Waals surface area (Å²) in [6.07, 6.45) is 1.78. The molecule has 168 valence electrons. The van der Waals surface area contributed by atoms with Crippen molar-refractivity contribution in [2.75, 3.05) is 44.7 Å². The standard InChI is InChI=1S/C18H30N6O2.3ClH/c1-13(2)17(19)18(26)22-12-16(25)21-11-14-4-5-15(20-10-14)24-8-6-23(3)7-9-24;;;/h4-5,10,13,17H,6-9,11-12,19H2,1-3H3,(H,21,25)(H,22,26);3*1H/t17-;;;/m0.../s1. The maximum absolute atomic E-state index is 11.9. The first-order valence-electron chi connectivity index (χ1n) is 9.05. The molecule has 1 fully saturated rings. The van der Waals surface area contributed by atoms with Crippen molar-refractivity contribution in [2.45, 2.75) is 26.4 Å². The van der Waals surface area contributed by atoms with E-state index in [1.54, 1.807) is 6.20 Å². The first kappa shape index (κ1) is 29.9. The van der Waals surface area contributed by atoms with Gasteiger partial charge < -0.3 is 26.2 Å². The van der Waals surface area contributed by atoms with E-state index < -0.39 is 6.04 Å². The fourth-order valence-electron chi connectivity index (χ4n) is 2.60. The molecule has 0 bridgehead atoms. The number of halogens is 3. The minimum Gasteiger partial charge on any atom is -0.354 e. The average molecular weight is 472 g/mol. The highest BCUT2D eigenvalue weighted by Gasteiger charge is 2.18. The zero-order valence-electron chi connectivity index (χ0n) is 17.1. The molecule has 4 N–H and O–H groups in total. The van der Waals surface area contributed by atoms with Crippen molar-refractivity contribution in [3.63, 3.8) is 0 Å². The van der Waals surface area contributed by atoms with Crippen LogP contribution in [0, 0.1) is 5.92 Å². The average Bonchev–Trinajstić information content (AvgIpc) is 2.64. The Kier molecular flexibility index (Phi) is 15.1. The highest BCUT2D eigenvalue weighted by atomic mass is 35.5. The van der Waals surface area contributed by atoms with Crippen LogP contribution in [0.2, 0.25) is 0 Å². The Balaban J connectivity index is 0. The van der Waals surface area contributed by atoms with E-state index in [4.69, 9.17) is 5.73 Å². The number of pyridine rings is 1. The van der Waals surface area contributed by atoms with E-state index in [1.165, 1.54) is 0 Å². The molecule has 2 heterocycles. The number of rotatable bonds is 7. The van der Waals surface area contributed by atoms with Crippen LogP contribution in [-0.2, 0) is 16.1 Å². The Morgan fingerprint density at radius 3 is 2.24 bits per heavy atom. The number of nitrogens with two attached hydrogens (primary N) is 1. The molecule has 11 heteroatoms. The van der Waals surface area contributed by atoms with Crippen LogP contribution in [0.1, 0.15) is 19.4 Å². The summed E-state index contributed by atoms with van der Waals surface area (Å²) in [5, 5.41) is 5.33. The summed E-state index contributed by atoms with van der Waals surface area (Å²) >= 11 is 0. The van der Waals surface area contributed by atoms with E-state index >= 15 is 0 Å². The molecular weight excluding hydrogens is 439 g/mol. The van der Waals surface area contributed by atoms with Crippen molar-refractivity contribution in [3.8, 4) is 0 Å². The van der Waals surface area contributed by atoms with Crippen molar-refractivity contribution < 1.29 is 9.59 Å². The summed E-state index contributed by atoms with van der Waals surface area (Å²) in [5.41, 5.74) is 6.65. The Labute approximate surface area is 191 Å². The molecule has 0 aromatic carbocycles. The number of amides is 2. The summed E-state index contributed by atoms with van der Waals surface area (Å²) in [6, 6.07) is 3.35. The molecule has 1 saturated heterocycles. The number of hydrogen-bond acceptors (Lipinski definition) is 6. The molecule has 1 aliphatic rings. The van der Waals surface area contributed by atoms with Gasteiger partial charge in [0.05, 0.1) is 12.6 Å². The van der Waals surface area contributed by atoms with Crippen LogP contribution >= 0.6 is 37.2 Å². The number of likely N-dealkylation sites (N-methyl/N-ethyl adjacent to an activating group) is 1. The Bertz CT molecular complexity index is 610. The monoisotopic (exact) mass is 470 g/mol. The van der Waals surface area contributed by atoms with E-state index in [9.17, 15) is 9.59 Å². The van der Waals surface area contributed by atoms with E-state index in [-0.39, 0.29) is 61.5 Å². The molecule has 0 saturated carbocycles. The number of anilines is 1. The van der Waals surface area contributed by atoms with E-state index in [2.05, 4.69) is 32.5 Å². The van der Waals surface area contributed by atoms with Crippen LogP contribution in [0.5, 0.6) is 0 Å². The molecule has 2 rings (SSSR count). The highest BCUT2D eigenvalue weighted by molar-refractivity contribution is 5.87. The van der Waals surface area contributed by atoms with Gasteiger partial charge >= 0.3 is 0 Å². The van der Waals surface area contributed by atoms with Crippen LogP contribution < -0.4 is 21.3 Å². The predicted octanol–water partition coefficient (Wildman–Crippen LogP) is 0.814. The number of hydrogen-bond donors (Lipinski definition) is 3. The molecule has 0 radical (unpaired) electrons. The van der Waals surface area contributed by atoms with Crippen molar-refractivity contribution in [1.82, 2.24) is 20.5 Å². The quantitative estimate of drug-likeness (QED) is 0.544. The summed E-state index contributed by atoms with van der Waals surface area (Å²) < 4.78 is 0. The number of aromatic nitrogens is 1. The second-order valence-electron chi connectivity index (χ2n) is 7.08. The molecule has 1 atom stereocenters. The summed E-state index contributed by atoms with van der Waals surface area (Å²) in [7, 11) is 2.12. The maximum atomic E-state index is 11.9. The second kappa shape index (κ2) is 14.6. The minimum absolute atomic E-state index is 0. The lowest BCUT2D eigenvalue weighted by Gasteiger charge is -2.33. The lowest BCUT2D eigenvalue weighted by molar-refractivity contribution is -0.127. The molecule has 0 aliphatic carbocycles. The van der Waals surface area contributed by atoms with Crippen LogP contribution in [-0.4, -0.2) is 67.5 Å². The predicted molar refractivity (Wildman–Crippen MR) is 123 cm³/mol. The topological polar surface area (TPSA) is 104 Å². The van der Waals surface area contributed by atoms with Gasteiger partial charge in [0.25, 0.3) is 0 Å². The van der Waals surface area contributed by atoms with Gasteiger partial charge in [-0.25, -0.2) is 4.98 Å². The summed E-state index contributed by atoms with van der Waals surface area (Å²) in [6.45, 7) is 8.03. The van der Waals surface area contributed by atoms with Gasteiger partial charge in [-0.3, -0.25) is 9.59 Å². The van der Waals surface area contributed by atoms with Gasteiger partial charge in [-0.1, -0.05) is 19.9 Å².